The van der Waals surface area contributed by atoms with Crippen LogP contribution in [-0.4, -0.2) is 22.1 Å². The standard InChI is InChI=1S/C16H20N2O2/c1-4-10(2)11(3)18-15-12-7-5-6-8-14(12)17-9-13(15)16(19)20/h5-11H,4H2,1-3H3,(H,17,18)(H,19,20). The third-order valence-electron chi connectivity index (χ3n) is 3.88. The van der Waals surface area contributed by atoms with Crippen molar-refractivity contribution >= 4 is 22.6 Å². The number of carboxylic acids is 1. The van der Waals surface area contributed by atoms with Crippen LogP contribution in [0.15, 0.2) is 30.5 Å². The molecule has 1 aromatic carbocycles. The van der Waals surface area contributed by atoms with Crippen LogP contribution in [0.3, 0.4) is 0 Å². The molecule has 2 rings (SSSR count). The van der Waals surface area contributed by atoms with Crippen LogP contribution in [0.1, 0.15) is 37.6 Å². The van der Waals surface area contributed by atoms with Gasteiger partial charge in [0.25, 0.3) is 0 Å². The van der Waals surface area contributed by atoms with E-state index in [4.69, 9.17) is 0 Å². The van der Waals surface area contributed by atoms with Gasteiger partial charge in [-0.25, -0.2) is 4.79 Å². The number of hydrogen-bond donors (Lipinski definition) is 2. The molecule has 0 fully saturated rings. The van der Waals surface area contributed by atoms with Crippen LogP contribution in [-0.2, 0) is 0 Å². The molecule has 0 aliphatic rings. The highest BCUT2D eigenvalue weighted by molar-refractivity contribution is 6.04. The van der Waals surface area contributed by atoms with Crippen LogP contribution in [0.5, 0.6) is 0 Å². The maximum atomic E-state index is 11.4. The van der Waals surface area contributed by atoms with E-state index >= 15 is 0 Å². The van der Waals surface area contributed by atoms with Crippen molar-refractivity contribution in [2.45, 2.75) is 33.2 Å². The predicted octanol–water partition coefficient (Wildman–Crippen LogP) is 3.78. The number of aromatic nitrogens is 1. The third kappa shape index (κ3) is 2.74. The summed E-state index contributed by atoms with van der Waals surface area (Å²) < 4.78 is 0. The molecule has 2 atom stereocenters. The Kier molecular flexibility index (Phi) is 4.23. The summed E-state index contributed by atoms with van der Waals surface area (Å²) in [5.41, 5.74) is 1.69. The first-order valence-electron chi connectivity index (χ1n) is 6.92. The molecule has 0 spiro atoms. The first kappa shape index (κ1) is 14.3. The number of hydrogen-bond acceptors (Lipinski definition) is 3. The van der Waals surface area contributed by atoms with Crippen LogP contribution in [0, 0.1) is 5.92 Å². The van der Waals surface area contributed by atoms with Crippen LogP contribution < -0.4 is 5.32 Å². The molecule has 4 heteroatoms. The molecule has 0 saturated heterocycles. The molecule has 0 aliphatic carbocycles. The van der Waals surface area contributed by atoms with E-state index in [0.29, 0.717) is 11.6 Å². The minimum Gasteiger partial charge on any atom is -0.478 e. The average Bonchev–Trinajstić information content (AvgIpc) is 2.46. The van der Waals surface area contributed by atoms with Gasteiger partial charge in [-0.05, 0) is 18.9 Å². The molecule has 2 aromatic rings. The molecule has 2 N–H and O–H groups in total. The second kappa shape index (κ2) is 5.90. The Morgan fingerprint density at radius 2 is 2.05 bits per heavy atom. The van der Waals surface area contributed by atoms with Gasteiger partial charge >= 0.3 is 5.97 Å². The van der Waals surface area contributed by atoms with Crippen LogP contribution >= 0.6 is 0 Å². The molecule has 0 radical (unpaired) electrons. The molecule has 20 heavy (non-hydrogen) atoms. The molecule has 0 saturated carbocycles. The van der Waals surface area contributed by atoms with Crippen LogP contribution in [0.25, 0.3) is 10.9 Å². The highest BCUT2D eigenvalue weighted by Gasteiger charge is 2.18. The highest BCUT2D eigenvalue weighted by Crippen LogP contribution is 2.27. The van der Waals surface area contributed by atoms with Crippen molar-refractivity contribution in [2.24, 2.45) is 5.92 Å². The molecule has 0 amide bonds. The summed E-state index contributed by atoms with van der Waals surface area (Å²) in [6, 6.07) is 7.79. The van der Waals surface area contributed by atoms with Crippen molar-refractivity contribution in [1.29, 1.82) is 0 Å². The lowest BCUT2D eigenvalue weighted by Crippen LogP contribution is -2.24. The number of anilines is 1. The molecular formula is C16H20N2O2. The zero-order chi connectivity index (χ0) is 14.7. The maximum Gasteiger partial charge on any atom is 0.339 e. The summed E-state index contributed by atoms with van der Waals surface area (Å²) in [5.74, 6) is -0.495. The van der Waals surface area contributed by atoms with Crippen molar-refractivity contribution in [3.63, 3.8) is 0 Å². The number of pyridine rings is 1. The minimum atomic E-state index is -0.956. The molecule has 106 valence electrons. The van der Waals surface area contributed by atoms with E-state index in [1.54, 1.807) is 0 Å². The van der Waals surface area contributed by atoms with Gasteiger partial charge in [-0.3, -0.25) is 4.98 Å². The number of benzene rings is 1. The molecular weight excluding hydrogens is 252 g/mol. The molecule has 4 nitrogen and oxygen atoms in total. The lowest BCUT2D eigenvalue weighted by atomic mass is 9.99. The van der Waals surface area contributed by atoms with Gasteiger partial charge in [-0.1, -0.05) is 38.5 Å². The van der Waals surface area contributed by atoms with E-state index in [9.17, 15) is 9.90 Å². The summed E-state index contributed by atoms with van der Waals surface area (Å²) in [6.45, 7) is 6.36. The van der Waals surface area contributed by atoms with E-state index in [1.165, 1.54) is 6.20 Å². The fourth-order valence-corrected chi connectivity index (χ4v) is 2.18. The zero-order valence-electron chi connectivity index (χ0n) is 12.1. The van der Waals surface area contributed by atoms with E-state index in [1.807, 2.05) is 24.3 Å². The van der Waals surface area contributed by atoms with Gasteiger partial charge in [0.05, 0.1) is 11.2 Å². The number of para-hydroxylation sites is 1. The zero-order valence-corrected chi connectivity index (χ0v) is 12.1. The minimum absolute atomic E-state index is 0.198. The van der Waals surface area contributed by atoms with E-state index in [0.717, 1.165) is 17.3 Å². The lowest BCUT2D eigenvalue weighted by Gasteiger charge is -2.23. The summed E-state index contributed by atoms with van der Waals surface area (Å²) in [5, 5.41) is 13.6. The smallest absolute Gasteiger partial charge is 0.339 e. The van der Waals surface area contributed by atoms with E-state index in [2.05, 4.69) is 31.1 Å². The topological polar surface area (TPSA) is 62.2 Å². The van der Waals surface area contributed by atoms with Crippen LogP contribution in [0.2, 0.25) is 0 Å². The maximum absolute atomic E-state index is 11.4. The summed E-state index contributed by atoms with van der Waals surface area (Å²) in [6.07, 6.45) is 2.47. The van der Waals surface area contributed by atoms with Crippen molar-refractivity contribution in [2.75, 3.05) is 5.32 Å². The van der Waals surface area contributed by atoms with Crippen molar-refractivity contribution in [1.82, 2.24) is 4.98 Å². The Labute approximate surface area is 118 Å². The SMILES string of the molecule is CCC(C)C(C)Nc1c(C(=O)O)cnc2ccccc12. The van der Waals surface area contributed by atoms with Gasteiger partial charge < -0.3 is 10.4 Å². The number of nitrogens with one attached hydrogen (secondary N) is 1. The van der Waals surface area contributed by atoms with Gasteiger partial charge in [0.15, 0.2) is 0 Å². The number of carbonyl (C=O) groups is 1. The van der Waals surface area contributed by atoms with Crippen molar-refractivity contribution in [3.05, 3.63) is 36.0 Å². The third-order valence-corrected chi connectivity index (χ3v) is 3.88. The van der Waals surface area contributed by atoms with Gasteiger partial charge in [0.1, 0.15) is 5.56 Å². The average molecular weight is 272 g/mol. The Balaban J connectivity index is 2.52. The van der Waals surface area contributed by atoms with Gasteiger partial charge in [-0.2, -0.15) is 0 Å². The van der Waals surface area contributed by atoms with E-state index < -0.39 is 5.97 Å². The summed E-state index contributed by atoms with van der Waals surface area (Å²) >= 11 is 0. The molecule has 1 aromatic heterocycles. The highest BCUT2D eigenvalue weighted by atomic mass is 16.4. The summed E-state index contributed by atoms with van der Waals surface area (Å²) in [7, 11) is 0. The van der Waals surface area contributed by atoms with Gasteiger partial charge in [-0.15, -0.1) is 0 Å². The first-order chi connectivity index (χ1) is 9.54. The van der Waals surface area contributed by atoms with Crippen LogP contribution in [0.4, 0.5) is 5.69 Å². The normalized spacial score (nSPS) is 13.9. The lowest BCUT2D eigenvalue weighted by molar-refractivity contribution is 0.0697. The number of fused-ring (bicyclic) bond motifs is 1. The number of carboxylic acid groups (broad SMARTS) is 1. The number of rotatable bonds is 5. The largest absolute Gasteiger partial charge is 0.478 e. The molecule has 0 bridgehead atoms. The predicted molar refractivity (Wildman–Crippen MR) is 81.2 cm³/mol. The van der Waals surface area contributed by atoms with Crippen molar-refractivity contribution < 1.29 is 9.90 Å². The molecule has 1 heterocycles. The molecule has 0 aliphatic heterocycles. The number of nitrogens with zero attached hydrogens (tertiary/aromatic N) is 1. The Morgan fingerprint density at radius 1 is 1.35 bits per heavy atom. The first-order valence-corrected chi connectivity index (χ1v) is 6.92. The number of aromatic carboxylic acids is 1. The Hall–Kier alpha value is -2.10. The Morgan fingerprint density at radius 3 is 2.70 bits per heavy atom. The quantitative estimate of drug-likeness (QED) is 0.869. The van der Waals surface area contributed by atoms with E-state index in [-0.39, 0.29) is 11.6 Å². The second-order valence-corrected chi connectivity index (χ2v) is 5.19. The fraction of sp³-hybridized carbons (Fsp3) is 0.375. The van der Waals surface area contributed by atoms with Gasteiger partial charge in [0, 0.05) is 17.6 Å². The second-order valence-electron chi connectivity index (χ2n) is 5.19. The van der Waals surface area contributed by atoms with Crippen molar-refractivity contribution in [3.8, 4) is 0 Å². The Bertz CT molecular complexity index is 625. The van der Waals surface area contributed by atoms with Gasteiger partial charge in [0.2, 0.25) is 0 Å². The molecule has 2 unspecified atom stereocenters. The fourth-order valence-electron chi connectivity index (χ4n) is 2.18. The summed E-state index contributed by atoms with van der Waals surface area (Å²) in [4.78, 5) is 15.6. The monoisotopic (exact) mass is 272 g/mol.